The second kappa shape index (κ2) is 9.42. The summed E-state index contributed by atoms with van der Waals surface area (Å²) in [5, 5.41) is 7.32. The highest BCUT2D eigenvalue weighted by atomic mass is 35.5. The molecular formula is C4H7Cl2N. The van der Waals surface area contributed by atoms with Gasteiger partial charge in [0.2, 0.25) is 0 Å². The lowest BCUT2D eigenvalue weighted by Gasteiger charge is -1.72. The molecule has 0 rings (SSSR count). The lowest BCUT2D eigenvalue weighted by atomic mass is 11.0. The lowest BCUT2D eigenvalue weighted by Crippen LogP contribution is -1.63. The fourth-order valence-corrected chi connectivity index (χ4v) is 0. The predicted octanol–water partition coefficient (Wildman–Crippen LogP) is 2.34. The van der Waals surface area contributed by atoms with Crippen molar-refractivity contribution < 1.29 is 0 Å². The highest BCUT2D eigenvalue weighted by molar-refractivity contribution is 6.43. The van der Waals surface area contributed by atoms with Gasteiger partial charge in [-0.3, -0.25) is 0 Å². The Hall–Kier alpha value is 0.0700. The molecule has 0 aromatic heterocycles. The molecule has 0 saturated carbocycles. The van der Waals surface area contributed by atoms with Gasteiger partial charge in [-0.25, -0.2) is 0 Å². The predicted molar refractivity (Wildman–Crippen MR) is 32.5 cm³/mol. The molecule has 0 aliphatic heterocycles. The van der Waals surface area contributed by atoms with E-state index in [1.165, 1.54) is 6.92 Å². The van der Waals surface area contributed by atoms with Crippen LogP contribution in [0.15, 0.2) is 0 Å². The molecule has 0 unspecified atom stereocenters. The molecule has 0 aromatic carbocycles. The van der Waals surface area contributed by atoms with Crippen molar-refractivity contribution in [1.29, 1.82) is 5.26 Å². The van der Waals surface area contributed by atoms with Gasteiger partial charge in [0.15, 0.2) is 0 Å². The standard InChI is InChI=1S/C2H4Cl2.C2H3N/c1-2(3)4;1-2-3/h2H,1H3;1H3. The molecule has 0 aromatic rings. The van der Waals surface area contributed by atoms with Crippen LogP contribution in [0, 0.1) is 11.3 Å². The Labute approximate surface area is 53.8 Å². The quantitative estimate of drug-likeness (QED) is 0.473. The molecule has 0 fully saturated rings. The second-order valence-electron chi connectivity index (χ2n) is 0.743. The fourth-order valence-electron chi connectivity index (χ4n) is 0. The van der Waals surface area contributed by atoms with Gasteiger partial charge in [0.1, 0.15) is 4.84 Å². The number of alkyl halides is 2. The summed E-state index contributed by atoms with van der Waals surface area (Å²) in [7, 11) is 0. The van der Waals surface area contributed by atoms with Crippen molar-refractivity contribution in [2.45, 2.75) is 18.7 Å². The summed E-state index contributed by atoms with van der Waals surface area (Å²) >= 11 is 10.1. The van der Waals surface area contributed by atoms with Crippen LogP contribution in [0.2, 0.25) is 0 Å². The first-order valence-corrected chi connectivity index (χ1v) is 2.61. The van der Waals surface area contributed by atoms with Crippen molar-refractivity contribution in [2.75, 3.05) is 0 Å². The molecular weight excluding hydrogens is 133 g/mol. The van der Waals surface area contributed by atoms with Crippen LogP contribution < -0.4 is 0 Å². The monoisotopic (exact) mass is 139 g/mol. The second-order valence-corrected chi connectivity index (χ2v) is 2.28. The van der Waals surface area contributed by atoms with Crippen LogP contribution in [-0.4, -0.2) is 4.84 Å². The number of hydrogen-bond donors (Lipinski definition) is 0. The number of rotatable bonds is 0. The van der Waals surface area contributed by atoms with Crippen molar-refractivity contribution in [2.24, 2.45) is 0 Å². The van der Waals surface area contributed by atoms with Gasteiger partial charge in [0.05, 0.1) is 6.07 Å². The SMILES string of the molecule is CC#N.CC(Cl)Cl. The summed E-state index contributed by atoms with van der Waals surface area (Å²) in [6, 6.07) is 1.75. The van der Waals surface area contributed by atoms with E-state index >= 15 is 0 Å². The van der Waals surface area contributed by atoms with Crippen LogP contribution >= 0.6 is 23.2 Å². The zero-order chi connectivity index (χ0) is 6.28. The van der Waals surface area contributed by atoms with Gasteiger partial charge in [0, 0.05) is 6.92 Å². The molecule has 0 amide bonds. The Morgan fingerprint density at radius 2 is 1.57 bits per heavy atom. The number of halogens is 2. The molecule has 7 heavy (non-hydrogen) atoms. The molecule has 3 heteroatoms. The van der Waals surface area contributed by atoms with E-state index in [1.54, 1.807) is 13.0 Å². The van der Waals surface area contributed by atoms with Gasteiger partial charge in [-0.2, -0.15) is 5.26 Å². The summed E-state index contributed by atoms with van der Waals surface area (Å²) in [5.41, 5.74) is 0. The molecule has 0 bridgehead atoms. The highest BCUT2D eigenvalue weighted by Crippen LogP contribution is 1.95. The Balaban J connectivity index is 0. The van der Waals surface area contributed by atoms with Crippen LogP contribution in [0.5, 0.6) is 0 Å². The maximum Gasteiger partial charge on any atom is 0.105 e. The molecule has 0 atom stereocenters. The molecule has 0 aliphatic rings. The molecule has 0 radical (unpaired) electrons. The topological polar surface area (TPSA) is 23.8 Å². The van der Waals surface area contributed by atoms with E-state index < -0.39 is 0 Å². The Bertz CT molecular complexity index is 52.4. The van der Waals surface area contributed by atoms with Gasteiger partial charge in [-0.05, 0) is 6.92 Å². The molecule has 0 spiro atoms. The third-order valence-electron chi connectivity index (χ3n) is 0. The first-order chi connectivity index (χ1) is 3.15. The summed E-state index contributed by atoms with van der Waals surface area (Å²) in [6.07, 6.45) is 0. The summed E-state index contributed by atoms with van der Waals surface area (Å²) in [6.45, 7) is 3.13. The van der Waals surface area contributed by atoms with E-state index in [0.29, 0.717) is 0 Å². The molecule has 1 nitrogen and oxygen atoms in total. The van der Waals surface area contributed by atoms with Crippen molar-refractivity contribution in [3.05, 3.63) is 0 Å². The van der Waals surface area contributed by atoms with Crippen LogP contribution in [0.4, 0.5) is 0 Å². The molecule has 0 N–H and O–H groups in total. The van der Waals surface area contributed by atoms with E-state index in [2.05, 4.69) is 0 Å². The Morgan fingerprint density at radius 3 is 1.57 bits per heavy atom. The van der Waals surface area contributed by atoms with Gasteiger partial charge >= 0.3 is 0 Å². The average Bonchev–Trinajstić information content (AvgIpc) is 1.33. The minimum atomic E-state index is -0.222. The maximum absolute atomic E-state index is 7.32. The van der Waals surface area contributed by atoms with Crippen molar-refractivity contribution >= 4 is 23.2 Å². The summed E-state index contributed by atoms with van der Waals surface area (Å²) in [5.74, 6) is 0. The van der Waals surface area contributed by atoms with Gasteiger partial charge in [0.25, 0.3) is 0 Å². The van der Waals surface area contributed by atoms with Crippen molar-refractivity contribution in [3.63, 3.8) is 0 Å². The smallest absolute Gasteiger partial charge is 0.105 e. The summed E-state index contributed by atoms with van der Waals surface area (Å²) < 4.78 is 0. The van der Waals surface area contributed by atoms with Crippen LogP contribution in [0.1, 0.15) is 13.8 Å². The number of hydrogen-bond acceptors (Lipinski definition) is 1. The number of nitriles is 1. The Morgan fingerprint density at radius 1 is 1.57 bits per heavy atom. The van der Waals surface area contributed by atoms with Gasteiger partial charge in [-0.15, -0.1) is 23.2 Å². The van der Waals surface area contributed by atoms with Gasteiger partial charge < -0.3 is 0 Å². The minimum Gasteiger partial charge on any atom is -0.199 e. The van der Waals surface area contributed by atoms with Crippen molar-refractivity contribution in [3.8, 4) is 6.07 Å². The first-order valence-electron chi connectivity index (χ1n) is 1.74. The normalized spacial score (nSPS) is 6.29. The highest BCUT2D eigenvalue weighted by Gasteiger charge is 1.75. The first kappa shape index (κ1) is 10.1. The average molecular weight is 140 g/mol. The van der Waals surface area contributed by atoms with Crippen LogP contribution in [0.25, 0.3) is 0 Å². The fraction of sp³-hybridized carbons (Fsp3) is 0.750. The molecule has 0 saturated heterocycles. The minimum absolute atomic E-state index is 0.222. The van der Waals surface area contributed by atoms with Crippen LogP contribution in [-0.2, 0) is 0 Å². The van der Waals surface area contributed by atoms with E-state index in [1.807, 2.05) is 0 Å². The third kappa shape index (κ3) is 20500. The van der Waals surface area contributed by atoms with E-state index in [4.69, 9.17) is 28.5 Å². The van der Waals surface area contributed by atoms with E-state index in [9.17, 15) is 0 Å². The zero-order valence-corrected chi connectivity index (χ0v) is 5.79. The van der Waals surface area contributed by atoms with E-state index in [0.717, 1.165) is 0 Å². The van der Waals surface area contributed by atoms with E-state index in [-0.39, 0.29) is 4.84 Å². The third-order valence-corrected chi connectivity index (χ3v) is 0. The molecule has 42 valence electrons. The molecule has 0 heterocycles. The Kier molecular flexibility index (Phi) is 13.6. The summed E-state index contributed by atoms with van der Waals surface area (Å²) in [4.78, 5) is -0.222. The van der Waals surface area contributed by atoms with Gasteiger partial charge in [-0.1, -0.05) is 0 Å². The lowest BCUT2D eigenvalue weighted by molar-refractivity contribution is 1.39. The van der Waals surface area contributed by atoms with Crippen LogP contribution in [0.3, 0.4) is 0 Å². The largest absolute Gasteiger partial charge is 0.199 e. The number of nitrogens with zero attached hydrogens (tertiary/aromatic N) is 1. The molecule has 0 aliphatic carbocycles. The van der Waals surface area contributed by atoms with Crippen molar-refractivity contribution in [1.82, 2.24) is 0 Å². The zero-order valence-electron chi connectivity index (χ0n) is 4.28. The maximum atomic E-state index is 7.32.